The Balaban J connectivity index is 1.87. The maximum absolute atomic E-state index is 11.2. The molecule has 0 aromatic carbocycles. The van der Waals surface area contributed by atoms with E-state index in [-0.39, 0.29) is 5.92 Å². The van der Waals surface area contributed by atoms with E-state index in [2.05, 4.69) is 4.90 Å². The number of rotatable bonds is 3. The standard InChI is InChI=1S/C13H23NO2/c15-13(16)12-7-3-2-6-11(12)10-14-8-4-1-5-9-14/h11-12H,1-10H2,(H,15,16)/t11-,12-/m0/s1. The third kappa shape index (κ3) is 2.97. The minimum atomic E-state index is -0.568. The zero-order valence-corrected chi connectivity index (χ0v) is 10.0. The van der Waals surface area contributed by atoms with Crippen molar-refractivity contribution >= 4 is 5.97 Å². The van der Waals surface area contributed by atoms with Gasteiger partial charge in [-0.15, -0.1) is 0 Å². The van der Waals surface area contributed by atoms with Crippen LogP contribution >= 0.6 is 0 Å². The van der Waals surface area contributed by atoms with Crippen LogP contribution in [0.1, 0.15) is 44.9 Å². The fourth-order valence-electron chi connectivity index (χ4n) is 3.22. The van der Waals surface area contributed by atoms with Crippen LogP contribution in [-0.4, -0.2) is 35.6 Å². The second-order valence-electron chi connectivity index (χ2n) is 5.35. The third-order valence-corrected chi connectivity index (χ3v) is 4.17. The van der Waals surface area contributed by atoms with Gasteiger partial charge in [0.1, 0.15) is 0 Å². The van der Waals surface area contributed by atoms with E-state index in [0.717, 1.165) is 25.8 Å². The van der Waals surface area contributed by atoms with E-state index in [1.807, 2.05) is 0 Å². The average molecular weight is 225 g/mol. The molecule has 16 heavy (non-hydrogen) atoms. The van der Waals surface area contributed by atoms with Crippen molar-refractivity contribution in [2.75, 3.05) is 19.6 Å². The molecular weight excluding hydrogens is 202 g/mol. The van der Waals surface area contributed by atoms with Crippen molar-refractivity contribution in [3.8, 4) is 0 Å². The Kier molecular flexibility index (Phi) is 4.22. The minimum absolute atomic E-state index is 0.0734. The van der Waals surface area contributed by atoms with E-state index in [4.69, 9.17) is 0 Å². The van der Waals surface area contributed by atoms with Gasteiger partial charge in [0.25, 0.3) is 0 Å². The van der Waals surface area contributed by atoms with E-state index in [0.29, 0.717) is 5.92 Å². The predicted octanol–water partition coefficient (Wildman–Crippen LogP) is 2.36. The van der Waals surface area contributed by atoms with Crippen LogP contribution in [0.15, 0.2) is 0 Å². The van der Waals surface area contributed by atoms with Crippen LogP contribution < -0.4 is 0 Å². The van der Waals surface area contributed by atoms with E-state index < -0.39 is 5.97 Å². The summed E-state index contributed by atoms with van der Waals surface area (Å²) < 4.78 is 0. The van der Waals surface area contributed by atoms with Gasteiger partial charge < -0.3 is 10.0 Å². The SMILES string of the molecule is O=C(O)[C@H]1CCCC[C@H]1CN1CCCCC1. The molecule has 0 aromatic heterocycles. The second-order valence-corrected chi connectivity index (χ2v) is 5.35. The highest BCUT2D eigenvalue weighted by molar-refractivity contribution is 5.70. The molecule has 2 rings (SSSR count). The van der Waals surface area contributed by atoms with Gasteiger partial charge in [-0.25, -0.2) is 0 Å². The molecule has 2 fully saturated rings. The van der Waals surface area contributed by atoms with Gasteiger partial charge in [0, 0.05) is 6.54 Å². The number of likely N-dealkylation sites (tertiary alicyclic amines) is 1. The van der Waals surface area contributed by atoms with Gasteiger partial charge in [0.15, 0.2) is 0 Å². The van der Waals surface area contributed by atoms with E-state index in [9.17, 15) is 9.90 Å². The summed E-state index contributed by atoms with van der Waals surface area (Å²) in [6.45, 7) is 3.39. The van der Waals surface area contributed by atoms with Crippen molar-refractivity contribution < 1.29 is 9.90 Å². The summed E-state index contributed by atoms with van der Waals surface area (Å²) in [6, 6.07) is 0. The largest absolute Gasteiger partial charge is 0.481 e. The molecule has 1 saturated heterocycles. The Morgan fingerprint density at radius 2 is 1.75 bits per heavy atom. The molecule has 1 aliphatic heterocycles. The maximum Gasteiger partial charge on any atom is 0.306 e. The first-order chi connectivity index (χ1) is 7.77. The highest BCUT2D eigenvalue weighted by atomic mass is 16.4. The molecule has 0 bridgehead atoms. The van der Waals surface area contributed by atoms with Crippen molar-refractivity contribution in [2.24, 2.45) is 11.8 Å². The highest BCUT2D eigenvalue weighted by Crippen LogP contribution is 2.31. The predicted molar refractivity (Wildman–Crippen MR) is 63.4 cm³/mol. The zero-order chi connectivity index (χ0) is 11.4. The van der Waals surface area contributed by atoms with Crippen LogP contribution in [0.3, 0.4) is 0 Å². The summed E-state index contributed by atoms with van der Waals surface area (Å²) >= 11 is 0. The van der Waals surface area contributed by atoms with E-state index in [1.54, 1.807) is 0 Å². The molecule has 0 spiro atoms. The number of nitrogens with zero attached hydrogens (tertiary/aromatic N) is 1. The molecule has 92 valence electrons. The monoisotopic (exact) mass is 225 g/mol. The lowest BCUT2D eigenvalue weighted by molar-refractivity contribution is -0.145. The fourth-order valence-corrected chi connectivity index (χ4v) is 3.22. The molecule has 3 nitrogen and oxygen atoms in total. The van der Waals surface area contributed by atoms with Gasteiger partial charge in [0.05, 0.1) is 5.92 Å². The lowest BCUT2D eigenvalue weighted by atomic mass is 9.79. The van der Waals surface area contributed by atoms with Gasteiger partial charge in [-0.1, -0.05) is 19.3 Å². The number of hydrogen-bond acceptors (Lipinski definition) is 2. The molecule has 2 atom stereocenters. The van der Waals surface area contributed by atoms with Crippen molar-refractivity contribution in [3.63, 3.8) is 0 Å². The summed E-state index contributed by atoms with van der Waals surface area (Å²) in [4.78, 5) is 13.7. The van der Waals surface area contributed by atoms with Gasteiger partial charge >= 0.3 is 5.97 Å². The highest BCUT2D eigenvalue weighted by Gasteiger charge is 2.31. The lowest BCUT2D eigenvalue weighted by Crippen LogP contribution is -2.39. The van der Waals surface area contributed by atoms with Crippen molar-refractivity contribution in [3.05, 3.63) is 0 Å². The first-order valence-corrected chi connectivity index (χ1v) is 6.72. The van der Waals surface area contributed by atoms with Gasteiger partial charge in [0.2, 0.25) is 0 Å². The molecule has 1 heterocycles. The quantitative estimate of drug-likeness (QED) is 0.801. The molecule has 3 heteroatoms. The average Bonchev–Trinajstić information content (AvgIpc) is 2.31. The number of carboxylic acids is 1. The molecule has 0 amide bonds. The van der Waals surface area contributed by atoms with Crippen LogP contribution in [0, 0.1) is 11.8 Å². The number of aliphatic carboxylic acids is 1. The number of piperidine rings is 1. The summed E-state index contributed by atoms with van der Waals surface area (Å²) in [7, 11) is 0. The summed E-state index contributed by atoms with van der Waals surface area (Å²) in [5.41, 5.74) is 0. The smallest absolute Gasteiger partial charge is 0.306 e. The second kappa shape index (κ2) is 5.67. The fraction of sp³-hybridized carbons (Fsp3) is 0.923. The number of hydrogen-bond donors (Lipinski definition) is 1. The minimum Gasteiger partial charge on any atom is -0.481 e. The van der Waals surface area contributed by atoms with Crippen LogP contribution in [0.5, 0.6) is 0 Å². The maximum atomic E-state index is 11.2. The zero-order valence-electron chi connectivity index (χ0n) is 10.0. The van der Waals surface area contributed by atoms with Crippen LogP contribution in [0.2, 0.25) is 0 Å². The van der Waals surface area contributed by atoms with Gasteiger partial charge in [-0.05, 0) is 44.7 Å². The molecule has 1 aliphatic carbocycles. The third-order valence-electron chi connectivity index (χ3n) is 4.17. The van der Waals surface area contributed by atoms with Crippen molar-refractivity contribution in [1.29, 1.82) is 0 Å². The molecule has 1 saturated carbocycles. The molecule has 2 aliphatic rings. The number of carboxylic acid groups (broad SMARTS) is 1. The van der Waals surface area contributed by atoms with Crippen LogP contribution in [0.25, 0.3) is 0 Å². The van der Waals surface area contributed by atoms with E-state index in [1.165, 1.54) is 38.8 Å². The van der Waals surface area contributed by atoms with Crippen molar-refractivity contribution in [1.82, 2.24) is 4.90 Å². The van der Waals surface area contributed by atoms with Crippen molar-refractivity contribution in [2.45, 2.75) is 44.9 Å². The van der Waals surface area contributed by atoms with Gasteiger partial charge in [-0.2, -0.15) is 0 Å². The van der Waals surface area contributed by atoms with E-state index >= 15 is 0 Å². The Morgan fingerprint density at radius 1 is 1.06 bits per heavy atom. The number of carbonyl (C=O) groups is 1. The Bertz CT molecular complexity index is 236. The summed E-state index contributed by atoms with van der Waals surface area (Å²) in [6.07, 6.45) is 8.29. The Hall–Kier alpha value is -0.570. The Labute approximate surface area is 97.8 Å². The molecule has 0 unspecified atom stereocenters. The Morgan fingerprint density at radius 3 is 2.44 bits per heavy atom. The van der Waals surface area contributed by atoms with Gasteiger partial charge in [-0.3, -0.25) is 4.79 Å². The molecular formula is C13H23NO2. The van der Waals surface area contributed by atoms with Crippen LogP contribution in [0.4, 0.5) is 0 Å². The first-order valence-electron chi connectivity index (χ1n) is 6.72. The van der Waals surface area contributed by atoms with Crippen LogP contribution in [-0.2, 0) is 4.79 Å². The molecule has 0 aromatic rings. The molecule has 0 radical (unpaired) electrons. The summed E-state index contributed by atoms with van der Waals surface area (Å²) in [5, 5.41) is 9.22. The first kappa shape index (κ1) is 11.9. The summed E-state index contributed by atoms with van der Waals surface area (Å²) in [5.74, 6) is -0.235. The lowest BCUT2D eigenvalue weighted by Gasteiger charge is -2.35. The molecule has 1 N–H and O–H groups in total. The normalized spacial score (nSPS) is 32.5. The topological polar surface area (TPSA) is 40.5 Å².